The summed E-state index contributed by atoms with van der Waals surface area (Å²) in [7, 11) is 4.22. The van der Waals surface area contributed by atoms with Crippen LogP contribution in [0.15, 0.2) is 48.5 Å². The van der Waals surface area contributed by atoms with E-state index in [0.29, 0.717) is 0 Å². The first-order chi connectivity index (χ1) is 9.66. The van der Waals surface area contributed by atoms with E-state index < -0.39 is 0 Å². The molecule has 0 aliphatic heterocycles. The number of imidazole rings is 1. The van der Waals surface area contributed by atoms with Crippen LogP contribution in [0, 0.1) is 6.92 Å². The van der Waals surface area contributed by atoms with E-state index >= 15 is 0 Å². The lowest BCUT2D eigenvalue weighted by atomic mass is 10.1. The first-order valence-electron chi connectivity index (χ1n) is 6.85. The largest absolute Gasteiger partial charge is 0.281 e. The molecule has 0 unspecified atom stereocenters. The minimum Gasteiger partial charge on any atom is -0.226 e. The molecular weight excluding hydrogens is 244 g/mol. The minimum absolute atomic E-state index is 1.19. The van der Waals surface area contributed by atoms with Gasteiger partial charge in [0.1, 0.15) is 0 Å². The third-order valence-electron chi connectivity index (χ3n) is 3.79. The summed E-state index contributed by atoms with van der Waals surface area (Å²) >= 11 is 0. The molecule has 2 aromatic carbocycles. The van der Waals surface area contributed by atoms with Gasteiger partial charge in [-0.05, 0) is 30.7 Å². The molecule has 3 rings (SSSR count). The van der Waals surface area contributed by atoms with Crippen LogP contribution >= 0.6 is 0 Å². The molecule has 3 aromatic rings. The Kier molecular flexibility index (Phi) is 3.15. The van der Waals surface area contributed by atoms with Crippen molar-refractivity contribution in [2.45, 2.75) is 6.92 Å². The zero-order valence-corrected chi connectivity index (χ0v) is 12.2. The zero-order valence-electron chi connectivity index (χ0n) is 12.2. The van der Waals surface area contributed by atoms with Crippen molar-refractivity contribution in [3.8, 4) is 0 Å². The van der Waals surface area contributed by atoms with Gasteiger partial charge < -0.3 is 0 Å². The number of fused-ring (bicyclic) bond motifs is 1. The van der Waals surface area contributed by atoms with Crippen LogP contribution in [0.3, 0.4) is 0 Å². The van der Waals surface area contributed by atoms with E-state index in [-0.39, 0.29) is 0 Å². The number of hydrogen-bond acceptors (Lipinski definition) is 0. The molecule has 0 aliphatic carbocycles. The first-order valence-corrected chi connectivity index (χ1v) is 6.85. The Morgan fingerprint density at radius 3 is 2.35 bits per heavy atom. The van der Waals surface area contributed by atoms with Crippen LogP contribution < -0.4 is 4.57 Å². The standard InChI is InChI=1S/C18H19N2/c1-14-8-10-15(11-9-14)12-13-18-19(2)16-6-4-5-7-17(16)20(18)3/h4-13H,1-3H3/q+1/b13-12+. The van der Waals surface area contributed by atoms with Gasteiger partial charge >= 0.3 is 0 Å². The van der Waals surface area contributed by atoms with Crippen LogP contribution in [0.1, 0.15) is 17.0 Å². The van der Waals surface area contributed by atoms with Crippen molar-refractivity contribution in [2.24, 2.45) is 14.1 Å². The average molecular weight is 263 g/mol. The Balaban J connectivity index is 2.04. The van der Waals surface area contributed by atoms with E-state index in [9.17, 15) is 0 Å². The average Bonchev–Trinajstić information content (AvgIpc) is 2.71. The molecular formula is C18H19N2+. The predicted molar refractivity (Wildman–Crippen MR) is 84.2 cm³/mol. The molecule has 0 saturated heterocycles. The molecule has 0 fully saturated rings. The van der Waals surface area contributed by atoms with Crippen molar-refractivity contribution in [3.05, 3.63) is 65.5 Å². The maximum absolute atomic E-state index is 2.22. The second kappa shape index (κ2) is 4.97. The van der Waals surface area contributed by atoms with E-state index in [2.05, 4.69) is 90.8 Å². The molecule has 2 nitrogen and oxygen atoms in total. The Morgan fingerprint density at radius 2 is 1.65 bits per heavy atom. The molecule has 0 saturated carbocycles. The van der Waals surface area contributed by atoms with Crippen LogP contribution in [-0.4, -0.2) is 4.57 Å². The highest BCUT2D eigenvalue weighted by atomic mass is 15.1. The van der Waals surface area contributed by atoms with Gasteiger partial charge in [-0.1, -0.05) is 42.0 Å². The Bertz CT molecular complexity index is 738. The van der Waals surface area contributed by atoms with Gasteiger partial charge in [0.05, 0.1) is 14.1 Å². The molecule has 0 bridgehead atoms. The lowest BCUT2D eigenvalue weighted by Gasteiger charge is -1.95. The quantitative estimate of drug-likeness (QED) is 0.626. The maximum Gasteiger partial charge on any atom is 0.281 e. The van der Waals surface area contributed by atoms with Gasteiger partial charge in [0.25, 0.3) is 5.82 Å². The number of para-hydroxylation sites is 2. The van der Waals surface area contributed by atoms with Crippen LogP contribution in [-0.2, 0) is 14.1 Å². The fourth-order valence-corrected chi connectivity index (χ4v) is 2.58. The van der Waals surface area contributed by atoms with Crippen molar-refractivity contribution in [3.63, 3.8) is 0 Å². The van der Waals surface area contributed by atoms with Gasteiger partial charge in [-0.2, -0.15) is 0 Å². The number of nitrogens with zero attached hydrogens (tertiary/aromatic N) is 2. The highest BCUT2D eigenvalue weighted by Crippen LogP contribution is 2.14. The molecule has 1 heterocycles. The number of rotatable bonds is 2. The Hall–Kier alpha value is -2.35. The third-order valence-corrected chi connectivity index (χ3v) is 3.79. The van der Waals surface area contributed by atoms with Crippen molar-refractivity contribution in [2.75, 3.05) is 0 Å². The van der Waals surface area contributed by atoms with Crippen molar-refractivity contribution in [1.82, 2.24) is 4.57 Å². The molecule has 100 valence electrons. The normalized spacial score (nSPS) is 11.6. The van der Waals surface area contributed by atoms with Crippen LogP contribution in [0.4, 0.5) is 0 Å². The summed E-state index contributed by atoms with van der Waals surface area (Å²) in [5.74, 6) is 1.19. The number of aromatic nitrogens is 2. The highest BCUT2D eigenvalue weighted by molar-refractivity contribution is 5.75. The van der Waals surface area contributed by atoms with Crippen LogP contribution in [0.5, 0.6) is 0 Å². The number of hydrogen-bond donors (Lipinski definition) is 0. The van der Waals surface area contributed by atoms with Gasteiger partial charge in [0, 0.05) is 6.08 Å². The van der Waals surface area contributed by atoms with Crippen LogP contribution in [0.25, 0.3) is 23.2 Å². The SMILES string of the molecule is Cc1ccc(/C=C/c2n(C)c3ccccc3[n+]2C)cc1. The topological polar surface area (TPSA) is 8.81 Å². The maximum atomic E-state index is 2.22. The summed E-state index contributed by atoms with van der Waals surface area (Å²) in [5, 5.41) is 0. The summed E-state index contributed by atoms with van der Waals surface area (Å²) in [6.45, 7) is 2.11. The van der Waals surface area contributed by atoms with Crippen molar-refractivity contribution >= 4 is 23.2 Å². The summed E-state index contributed by atoms with van der Waals surface area (Å²) in [6, 6.07) is 17.0. The van der Waals surface area contributed by atoms with E-state index in [0.717, 1.165) is 0 Å². The number of aryl methyl sites for hydroxylation is 3. The second-order valence-electron chi connectivity index (χ2n) is 5.21. The molecule has 0 atom stereocenters. The molecule has 0 aliphatic rings. The molecule has 0 radical (unpaired) electrons. The van der Waals surface area contributed by atoms with Gasteiger partial charge in [-0.25, -0.2) is 9.13 Å². The van der Waals surface area contributed by atoms with Gasteiger partial charge in [0.15, 0.2) is 11.0 Å². The molecule has 2 heteroatoms. The summed E-state index contributed by atoms with van der Waals surface area (Å²) in [6.07, 6.45) is 4.33. The van der Waals surface area contributed by atoms with Gasteiger partial charge in [-0.3, -0.25) is 0 Å². The van der Waals surface area contributed by atoms with Crippen molar-refractivity contribution in [1.29, 1.82) is 0 Å². The van der Waals surface area contributed by atoms with E-state index in [1.54, 1.807) is 0 Å². The highest BCUT2D eigenvalue weighted by Gasteiger charge is 2.16. The van der Waals surface area contributed by atoms with Crippen LogP contribution in [0.2, 0.25) is 0 Å². The van der Waals surface area contributed by atoms with E-state index in [1.807, 2.05) is 0 Å². The Labute approximate surface area is 119 Å². The molecule has 20 heavy (non-hydrogen) atoms. The first kappa shape index (κ1) is 12.7. The summed E-state index contributed by atoms with van der Waals surface area (Å²) in [5.41, 5.74) is 5.01. The lowest BCUT2D eigenvalue weighted by Crippen LogP contribution is -2.30. The zero-order chi connectivity index (χ0) is 14.1. The smallest absolute Gasteiger partial charge is 0.226 e. The van der Waals surface area contributed by atoms with E-state index in [1.165, 1.54) is 28.0 Å². The van der Waals surface area contributed by atoms with E-state index in [4.69, 9.17) is 0 Å². The van der Waals surface area contributed by atoms with Gasteiger partial charge in [-0.15, -0.1) is 0 Å². The fourth-order valence-electron chi connectivity index (χ4n) is 2.58. The molecule has 1 aromatic heterocycles. The second-order valence-corrected chi connectivity index (χ2v) is 5.21. The molecule has 0 N–H and O–H groups in total. The summed E-state index contributed by atoms with van der Waals surface area (Å²) < 4.78 is 4.44. The molecule has 0 spiro atoms. The fraction of sp³-hybridized carbons (Fsp3) is 0.167. The van der Waals surface area contributed by atoms with Gasteiger partial charge in [0.2, 0.25) is 0 Å². The lowest BCUT2D eigenvalue weighted by molar-refractivity contribution is -0.647. The predicted octanol–water partition coefficient (Wildman–Crippen LogP) is 3.48. The monoisotopic (exact) mass is 263 g/mol. The number of benzene rings is 2. The van der Waals surface area contributed by atoms with Crippen molar-refractivity contribution < 1.29 is 4.57 Å². The Morgan fingerprint density at radius 1 is 0.950 bits per heavy atom. The third kappa shape index (κ3) is 2.14. The minimum atomic E-state index is 1.19. The summed E-state index contributed by atoms with van der Waals surface area (Å²) in [4.78, 5) is 0. The molecule has 0 amide bonds.